The fraction of sp³-hybridized carbons (Fsp3) is 0.417. The van der Waals surface area contributed by atoms with E-state index in [-0.39, 0.29) is 11.3 Å². The molecule has 0 spiro atoms. The minimum absolute atomic E-state index is 0.165. The molecule has 0 aliphatic heterocycles. The van der Waals surface area contributed by atoms with E-state index in [1.54, 1.807) is 13.8 Å². The second-order valence-electron chi connectivity index (χ2n) is 4.40. The Labute approximate surface area is 99.2 Å². The lowest BCUT2D eigenvalue weighted by molar-refractivity contribution is -0.152. The van der Waals surface area contributed by atoms with Gasteiger partial charge in [-0.3, -0.25) is 4.79 Å². The summed E-state index contributed by atoms with van der Waals surface area (Å²) in [4.78, 5) is 11.6. The lowest BCUT2D eigenvalue weighted by Gasteiger charge is -2.29. The van der Waals surface area contributed by atoms with Gasteiger partial charge in [-0.05, 0) is 19.9 Å². The Morgan fingerprint density at radius 1 is 1.53 bits per heavy atom. The molecule has 0 aliphatic carbocycles. The Hall–Kier alpha value is -1.62. The number of nitrogens with two attached hydrogens (primary N) is 1. The van der Waals surface area contributed by atoms with Crippen LogP contribution in [0.25, 0.3) is 0 Å². The minimum Gasteiger partial charge on any atom is -0.508 e. The first-order valence-electron chi connectivity index (χ1n) is 5.13. The van der Waals surface area contributed by atoms with Crippen LogP contribution in [0.2, 0.25) is 0 Å². The Morgan fingerprint density at radius 3 is 2.59 bits per heavy atom. The third-order valence-corrected chi connectivity index (χ3v) is 2.81. The van der Waals surface area contributed by atoms with Gasteiger partial charge in [0.15, 0.2) is 0 Å². The fourth-order valence-corrected chi connectivity index (χ4v) is 1.55. The van der Waals surface area contributed by atoms with Crippen LogP contribution in [0.5, 0.6) is 5.75 Å². The summed E-state index contributed by atoms with van der Waals surface area (Å²) in [6.45, 7) is 3.16. The zero-order valence-corrected chi connectivity index (χ0v) is 10.0. The van der Waals surface area contributed by atoms with Crippen molar-refractivity contribution < 1.29 is 19.0 Å². The van der Waals surface area contributed by atoms with Crippen LogP contribution in [0.15, 0.2) is 18.2 Å². The van der Waals surface area contributed by atoms with Crippen molar-refractivity contribution in [3.8, 4) is 5.75 Å². The number of aromatic hydroxyl groups is 1. The van der Waals surface area contributed by atoms with Crippen LogP contribution in [0.3, 0.4) is 0 Å². The maximum absolute atomic E-state index is 13.6. The number of hydrogen-bond acceptors (Lipinski definition) is 4. The molecule has 0 amide bonds. The van der Waals surface area contributed by atoms with Crippen molar-refractivity contribution in [2.45, 2.75) is 19.9 Å². The summed E-state index contributed by atoms with van der Waals surface area (Å²) in [5.41, 5.74) is 4.99. The minimum atomic E-state index is -1.05. The zero-order chi connectivity index (χ0) is 13.2. The summed E-state index contributed by atoms with van der Waals surface area (Å²) in [5, 5.41) is 9.11. The van der Waals surface area contributed by atoms with E-state index in [1.807, 2.05) is 0 Å². The molecule has 0 unspecified atom stereocenters. The van der Waals surface area contributed by atoms with Gasteiger partial charge in [0, 0.05) is 17.7 Å². The molecule has 1 aromatic rings. The molecule has 0 heterocycles. The largest absolute Gasteiger partial charge is 0.508 e. The van der Waals surface area contributed by atoms with Crippen molar-refractivity contribution in [2.24, 2.45) is 11.1 Å². The average molecular weight is 241 g/mol. The molecule has 0 saturated carbocycles. The molecule has 0 aliphatic rings. The maximum Gasteiger partial charge on any atom is 0.313 e. The lowest BCUT2D eigenvalue weighted by Crippen LogP contribution is -2.37. The van der Waals surface area contributed by atoms with Crippen LogP contribution >= 0.6 is 0 Å². The predicted molar refractivity (Wildman–Crippen MR) is 60.8 cm³/mol. The van der Waals surface area contributed by atoms with E-state index in [0.717, 1.165) is 6.07 Å². The van der Waals surface area contributed by atoms with Crippen molar-refractivity contribution in [1.82, 2.24) is 0 Å². The van der Waals surface area contributed by atoms with Crippen LogP contribution in [-0.4, -0.2) is 18.2 Å². The van der Waals surface area contributed by atoms with Crippen LogP contribution in [0.4, 0.5) is 4.39 Å². The second-order valence-corrected chi connectivity index (χ2v) is 4.40. The predicted octanol–water partition coefficient (Wildman–Crippen LogP) is 1.73. The molecule has 0 radical (unpaired) electrons. The summed E-state index contributed by atoms with van der Waals surface area (Å²) < 4.78 is 18.2. The molecule has 0 aromatic heterocycles. The van der Waals surface area contributed by atoms with Crippen LogP contribution in [0, 0.1) is 11.2 Å². The van der Waals surface area contributed by atoms with E-state index in [2.05, 4.69) is 4.74 Å². The number of ether oxygens (including phenoxy) is 1. The molecule has 1 atom stereocenters. The van der Waals surface area contributed by atoms with Crippen molar-refractivity contribution in [3.05, 3.63) is 29.6 Å². The Bertz CT molecular complexity index is 432. The fourth-order valence-electron chi connectivity index (χ4n) is 1.55. The SMILES string of the molecule is COC(=O)C(C)(C)[C@@H](N)c1ccc(O)cc1F. The van der Waals surface area contributed by atoms with Crippen LogP contribution < -0.4 is 5.73 Å². The smallest absolute Gasteiger partial charge is 0.313 e. The van der Waals surface area contributed by atoms with Gasteiger partial charge in [0.2, 0.25) is 0 Å². The number of benzene rings is 1. The second kappa shape index (κ2) is 4.71. The van der Waals surface area contributed by atoms with E-state index in [1.165, 1.54) is 19.2 Å². The number of carbonyl (C=O) groups is 1. The zero-order valence-electron chi connectivity index (χ0n) is 10.0. The van der Waals surface area contributed by atoms with Crippen molar-refractivity contribution in [3.63, 3.8) is 0 Å². The van der Waals surface area contributed by atoms with Crippen molar-refractivity contribution in [2.75, 3.05) is 7.11 Å². The summed E-state index contributed by atoms with van der Waals surface area (Å²) in [7, 11) is 1.25. The maximum atomic E-state index is 13.6. The first-order chi connectivity index (χ1) is 7.80. The van der Waals surface area contributed by atoms with Gasteiger partial charge in [0.1, 0.15) is 11.6 Å². The van der Waals surface area contributed by atoms with E-state index < -0.39 is 23.2 Å². The van der Waals surface area contributed by atoms with Crippen molar-refractivity contribution in [1.29, 1.82) is 0 Å². The number of rotatable bonds is 3. The Morgan fingerprint density at radius 2 is 2.12 bits per heavy atom. The number of carbonyl (C=O) groups excluding carboxylic acids is 1. The number of hydrogen-bond donors (Lipinski definition) is 2. The van der Waals surface area contributed by atoms with Gasteiger partial charge in [-0.25, -0.2) is 4.39 Å². The molecule has 94 valence electrons. The summed E-state index contributed by atoms with van der Waals surface area (Å²) in [6, 6.07) is 2.80. The quantitative estimate of drug-likeness (QED) is 0.790. The van der Waals surface area contributed by atoms with Gasteiger partial charge in [-0.1, -0.05) is 6.07 Å². The van der Waals surface area contributed by atoms with Gasteiger partial charge in [-0.2, -0.15) is 0 Å². The number of phenols is 1. The first-order valence-corrected chi connectivity index (χ1v) is 5.13. The highest BCUT2D eigenvalue weighted by Gasteiger charge is 2.37. The Kier molecular flexibility index (Phi) is 3.72. The van der Waals surface area contributed by atoms with Crippen LogP contribution in [0.1, 0.15) is 25.5 Å². The molecular weight excluding hydrogens is 225 g/mol. The van der Waals surface area contributed by atoms with E-state index >= 15 is 0 Å². The highest BCUT2D eigenvalue weighted by atomic mass is 19.1. The topological polar surface area (TPSA) is 72.5 Å². The third kappa shape index (κ3) is 2.55. The molecule has 3 N–H and O–H groups in total. The van der Waals surface area contributed by atoms with Gasteiger partial charge in [-0.15, -0.1) is 0 Å². The molecule has 4 nitrogen and oxygen atoms in total. The molecule has 0 fully saturated rings. The highest BCUT2D eigenvalue weighted by Crippen LogP contribution is 2.34. The summed E-state index contributed by atoms with van der Waals surface area (Å²) in [6.07, 6.45) is 0. The number of halogens is 1. The lowest BCUT2D eigenvalue weighted by atomic mass is 9.81. The monoisotopic (exact) mass is 241 g/mol. The third-order valence-electron chi connectivity index (χ3n) is 2.81. The van der Waals surface area contributed by atoms with E-state index in [0.29, 0.717) is 0 Å². The van der Waals surface area contributed by atoms with Gasteiger partial charge in [0.05, 0.1) is 12.5 Å². The molecule has 0 saturated heterocycles. The molecule has 5 heteroatoms. The van der Waals surface area contributed by atoms with E-state index in [4.69, 9.17) is 10.8 Å². The highest BCUT2D eigenvalue weighted by molar-refractivity contribution is 5.77. The normalized spacial score (nSPS) is 13.2. The molecule has 17 heavy (non-hydrogen) atoms. The molecular formula is C12H16FNO3. The van der Waals surface area contributed by atoms with Crippen LogP contribution in [-0.2, 0) is 9.53 Å². The number of phenolic OH excluding ortho intramolecular Hbond substituents is 1. The standard InChI is InChI=1S/C12H16FNO3/c1-12(2,11(16)17-3)10(14)8-5-4-7(15)6-9(8)13/h4-6,10,15H,14H2,1-3H3/t10-/m0/s1. The van der Waals surface area contributed by atoms with E-state index in [9.17, 15) is 9.18 Å². The molecule has 1 rings (SSSR count). The molecule has 0 bridgehead atoms. The summed E-state index contributed by atoms with van der Waals surface area (Å²) in [5.74, 6) is -1.35. The van der Waals surface area contributed by atoms with Gasteiger partial charge in [0.25, 0.3) is 0 Å². The Balaban J connectivity index is 3.11. The van der Waals surface area contributed by atoms with Gasteiger partial charge >= 0.3 is 5.97 Å². The number of esters is 1. The average Bonchev–Trinajstić information content (AvgIpc) is 2.27. The summed E-state index contributed by atoms with van der Waals surface area (Å²) >= 11 is 0. The van der Waals surface area contributed by atoms with Crippen molar-refractivity contribution >= 4 is 5.97 Å². The first kappa shape index (κ1) is 13.4. The molecule has 1 aromatic carbocycles. The van der Waals surface area contributed by atoms with Gasteiger partial charge < -0.3 is 15.6 Å². The number of methoxy groups -OCH3 is 1.